The number of hydrogen-bond acceptors (Lipinski definition) is 3. The van der Waals surface area contributed by atoms with Crippen LogP contribution < -0.4 is 9.46 Å². The lowest BCUT2D eigenvalue weighted by Crippen LogP contribution is -2.09. The Hall–Kier alpha value is -1.82. The Morgan fingerprint density at radius 1 is 1.61 bits per heavy atom. The van der Waals surface area contributed by atoms with Crippen LogP contribution >= 0.6 is 0 Å². The zero-order chi connectivity index (χ0) is 13.1. The molecule has 2 aromatic rings. The average molecular weight is 265 g/mol. The molecule has 0 aliphatic rings. The largest absolute Gasteiger partial charge is 0.494 e. The number of nitrogens with one attached hydrogen (secondary N) is 1. The predicted octanol–water partition coefficient (Wildman–Crippen LogP) is 1.84. The first-order chi connectivity index (χ1) is 8.67. The van der Waals surface area contributed by atoms with Crippen molar-refractivity contribution in [3.8, 4) is 5.75 Å². The minimum atomic E-state index is -1.22. The molecule has 1 unspecified atom stereocenters. The Balaban J connectivity index is 2.53. The number of aryl methyl sites for hydroxylation is 1. The first-order valence-corrected chi connectivity index (χ1v) is 6.74. The van der Waals surface area contributed by atoms with Crippen LogP contribution in [0.4, 0.5) is 5.69 Å². The number of methoxy groups -OCH3 is 1. The summed E-state index contributed by atoms with van der Waals surface area (Å²) < 4.78 is 21.8. The summed E-state index contributed by atoms with van der Waals surface area (Å²) in [5.41, 5.74) is 1.56. The van der Waals surface area contributed by atoms with Gasteiger partial charge in [-0.2, -0.15) is 5.10 Å². The van der Waals surface area contributed by atoms with Crippen LogP contribution in [0.2, 0.25) is 0 Å². The molecule has 96 valence electrons. The molecule has 0 spiro atoms. The highest BCUT2D eigenvalue weighted by molar-refractivity contribution is 7.86. The number of aromatic nitrogens is 2. The van der Waals surface area contributed by atoms with Gasteiger partial charge in [0, 0.05) is 12.4 Å². The lowest BCUT2D eigenvalue weighted by Gasteiger charge is -2.12. The molecule has 0 saturated heterocycles. The van der Waals surface area contributed by atoms with Gasteiger partial charge in [0.25, 0.3) is 0 Å². The van der Waals surface area contributed by atoms with Crippen molar-refractivity contribution in [2.24, 2.45) is 7.05 Å². The zero-order valence-electron chi connectivity index (χ0n) is 10.3. The lowest BCUT2D eigenvalue weighted by atomic mass is 10.2. The molecule has 0 aliphatic carbocycles. The molecule has 0 fully saturated rings. The Kier molecular flexibility index (Phi) is 3.66. The lowest BCUT2D eigenvalue weighted by molar-refractivity contribution is 0.417. The van der Waals surface area contributed by atoms with Gasteiger partial charge < -0.3 is 4.74 Å². The molecule has 1 aromatic carbocycles. The summed E-state index contributed by atoms with van der Waals surface area (Å²) in [5.74, 6) is 1.01. The maximum atomic E-state index is 11.8. The first kappa shape index (κ1) is 12.6. The molecule has 1 heterocycles. The van der Waals surface area contributed by atoms with Crippen molar-refractivity contribution in [3.05, 3.63) is 31.0 Å². The van der Waals surface area contributed by atoms with Gasteiger partial charge in [-0.15, -0.1) is 6.58 Å². The fourth-order valence-electron chi connectivity index (χ4n) is 1.78. The second-order valence-electron chi connectivity index (χ2n) is 3.75. The first-order valence-electron chi connectivity index (χ1n) is 5.42. The van der Waals surface area contributed by atoms with Crippen LogP contribution in [0.25, 0.3) is 10.9 Å². The quantitative estimate of drug-likeness (QED) is 0.839. The highest BCUT2D eigenvalue weighted by Crippen LogP contribution is 2.33. The van der Waals surface area contributed by atoms with Gasteiger partial charge in [-0.25, -0.2) is 4.21 Å². The zero-order valence-corrected chi connectivity index (χ0v) is 11.2. The van der Waals surface area contributed by atoms with Gasteiger partial charge in [-0.3, -0.25) is 9.40 Å². The minimum absolute atomic E-state index is 0.372. The van der Waals surface area contributed by atoms with E-state index in [0.29, 0.717) is 17.2 Å². The van der Waals surface area contributed by atoms with E-state index in [1.165, 1.54) is 0 Å². The van der Waals surface area contributed by atoms with Gasteiger partial charge in [-0.05, 0) is 12.1 Å². The second kappa shape index (κ2) is 5.22. The van der Waals surface area contributed by atoms with Gasteiger partial charge in [0.2, 0.25) is 0 Å². The molecule has 0 amide bonds. The fourth-order valence-corrected chi connectivity index (χ4v) is 2.50. The van der Waals surface area contributed by atoms with E-state index in [0.717, 1.165) is 10.9 Å². The van der Waals surface area contributed by atoms with Crippen LogP contribution in [0.3, 0.4) is 0 Å². The molecule has 0 saturated carbocycles. The van der Waals surface area contributed by atoms with Gasteiger partial charge in [0.1, 0.15) is 22.4 Å². The van der Waals surface area contributed by atoms with Gasteiger partial charge in [-0.1, -0.05) is 6.08 Å². The van der Waals surface area contributed by atoms with Crippen molar-refractivity contribution in [1.82, 2.24) is 9.78 Å². The van der Waals surface area contributed by atoms with E-state index >= 15 is 0 Å². The third-order valence-electron chi connectivity index (χ3n) is 2.57. The van der Waals surface area contributed by atoms with Crippen molar-refractivity contribution < 1.29 is 8.95 Å². The van der Waals surface area contributed by atoms with E-state index < -0.39 is 11.0 Å². The highest BCUT2D eigenvalue weighted by atomic mass is 32.2. The van der Waals surface area contributed by atoms with Crippen LogP contribution in [0.1, 0.15) is 0 Å². The van der Waals surface area contributed by atoms with Crippen LogP contribution in [0.15, 0.2) is 31.0 Å². The molecule has 0 bridgehead atoms. The number of benzene rings is 1. The monoisotopic (exact) mass is 265 g/mol. The van der Waals surface area contributed by atoms with Crippen molar-refractivity contribution in [2.75, 3.05) is 17.6 Å². The van der Waals surface area contributed by atoms with Crippen molar-refractivity contribution in [3.63, 3.8) is 0 Å². The van der Waals surface area contributed by atoms with E-state index in [4.69, 9.17) is 4.74 Å². The SMILES string of the molecule is C=CCS(=O)Nc1c(OC)ccc2cnn(C)c12. The van der Waals surface area contributed by atoms with Crippen molar-refractivity contribution in [2.45, 2.75) is 0 Å². The summed E-state index contributed by atoms with van der Waals surface area (Å²) in [4.78, 5) is 0. The number of anilines is 1. The minimum Gasteiger partial charge on any atom is -0.494 e. The molecule has 5 nitrogen and oxygen atoms in total. The Bertz CT molecular complexity index is 607. The molecule has 0 radical (unpaired) electrons. The van der Waals surface area contributed by atoms with Crippen molar-refractivity contribution >= 4 is 27.6 Å². The highest BCUT2D eigenvalue weighted by Gasteiger charge is 2.13. The normalized spacial score (nSPS) is 12.3. The molecule has 18 heavy (non-hydrogen) atoms. The number of hydrogen-bond donors (Lipinski definition) is 1. The van der Waals surface area contributed by atoms with Gasteiger partial charge >= 0.3 is 0 Å². The number of fused-ring (bicyclic) bond motifs is 1. The van der Waals surface area contributed by atoms with E-state index in [1.54, 1.807) is 24.1 Å². The standard InChI is InChI=1S/C12H15N3O2S/c1-4-7-18(16)14-11-10(17-3)6-5-9-8-13-15(2)12(9)11/h4-6,8,14H,1,7H2,2-3H3. The van der Waals surface area contributed by atoms with Gasteiger partial charge in [0.15, 0.2) is 0 Å². The maximum absolute atomic E-state index is 11.8. The topological polar surface area (TPSA) is 56.1 Å². The van der Waals surface area contributed by atoms with E-state index in [1.807, 2.05) is 19.2 Å². The molecular weight excluding hydrogens is 250 g/mol. The Morgan fingerprint density at radius 2 is 2.39 bits per heavy atom. The van der Waals surface area contributed by atoms with E-state index in [9.17, 15) is 4.21 Å². The van der Waals surface area contributed by atoms with Gasteiger partial charge in [0.05, 0.1) is 24.6 Å². The smallest absolute Gasteiger partial charge is 0.145 e. The fraction of sp³-hybridized carbons (Fsp3) is 0.250. The van der Waals surface area contributed by atoms with Crippen LogP contribution in [0.5, 0.6) is 5.75 Å². The molecule has 1 N–H and O–H groups in total. The maximum Gasteiger partial charge on any atom is 0.145 e. The molecular formula is C12H15N3O2S. The summed E-state index contributed by atoms with van der Waals surface area (Å²) in [6, 6.07) is 3.75. The molecule has 2 rings (SSSR count). The third kappa shape index (κ3) is 2.24. The number of rotatable bonds is 5. The summed E-state index contributed by atoms with van der Waals surface area (Å²) in [5, 5.41) is 5.16. The van der Waals surface area contributed by atoms with E-state index in [2.05, 4.69) is 16.4 Å². The summed E-state index contributed by atoms with van der Waals surface area (Å²) in [6.45, 7) is 3.57. The van der Waals surface area contributed by atoms with E-state index in [-0.39, 0.29) is 0 Å². The molecule has 1 aromatic heterocycles. The number of nitrogens with zero attached hydrogens (tertiary/aromatic N) is 2. The second-order valence-corrected chi connectivity index (χ2v) is 4.98. The van der Waals surface area contributed by atoms with Crippen LogP contribution in [-0.4, -0.2) is 26.9 Å². The summed E-state index contributed by atoms with van der Waals surface area (Å²) in [6.07, 6.45) is 3.37. The summed E-state index contributed by atoms with van der Waals surface area (Å²) >= 11 is 0. The summed E-state index contributed by atoms with van der Waals surface area (Å²) in [7, 11) is 2.20. The Morgan fingerprint density at radius 3 is 3.06 bits per heavy atom. The average Bonchev–Trinajstić information content (AvgIpc) is 2.72. The molecule has 6 heteroatoms. The van der Waals surface area contributed by atoms with Crippen molar-refractivity contribution in [1.29, 1.82) is 0 Å². The molecule has 1 atom stereocenters. The number of ether oxygens (including phenoxy) is 1. The predicted molar refractivity (Wildman–Crippen MR) is 74.1 cm³/mol. The third-order valence-corrected chi connectivity index (χ3v) is 3.54. The Labute approximate surface area is 108 Å². The van der Waals surface area contributed by atoms with Crippen LogP contribution in [-0.2, 0) is 18.0 Å². The molecule has 0 aliphatic heterocycles. The van der Waals surface area contributed by atoms with Crippen LogP contribution in [0, 0.1) is 0 Å².